The van der Waals surface area contributed by atoms with Gasteiger partial charge in [0.1, 0.15) is 5.82 Å². The number of fused-ring (bicyclic) bond motifs is 3. The van der Waals surface area contributed by atoms with Crippen LogP contribution in [0.5, 0.6) is 0 Å². The average Bonchev–Trinajstić information content (AvgIpc) is 3.16. The van der Waals surface area contributed by atoms with Gasteiger partial charge in [-0.25, -0.2) is 4.98 Å². The van der Waals surface area contributed by atoms with Gasteiger partial charge in [-0.2, -0.15) is 0 Å². The van der Waals surface area contributed by atoms with Crippen molar-refractivity contribution >= 4 is 22.6 Å². The van der Waals surface area contributed by atoms with Gasteiger partial charge in [0.15, 0.2) is 0 Å². The van der Waals surface area contributed by atoms with Crippen LogP contribution >= 0.6 is 0 Å². The van der Waals surface area contributed by atoms with Crippen LogP contribution in [0.2, 0.25) is 0 Å². The number of ether oxygens (including phenoxy) is 2. The van der Waals surface area contributed by atoms with Gasteiger partial charge >= 0.3 is 0 Å². The summed E-state index contributed by atoms with van der Waals surface area (Å²) in [4.78, 5) is 24.2. The number of amides is 1. The number of nitrogens with zero attached hydrogens (tertiary/aromatic N) is 3. The third-order valence-corrected chi connectivity index (χ3v) is 5.99. The predicted octanol–water partition coefficient (Wildman–Crippen LogP) is 3.33. The molecule has 30 heavy (non-hydrogen) atoms. The summed E-state index contributed by atoms with van der Waals surface area (Å²) in [5.74, 6) is 0.486. The van der Waals surface area contributed by atoms with E-state index in [9.17, 15) is 4.79 Å². The first-order valence-electron chi connectivity index (χ1n) is 10.2. The largest absolute Gasteiger partial charge is 0.383 e. The Morgan fingerprint density at radius 3 is 2.97 bits per heavy atom. The smallest absolute Gasteiger partial charge is 0.254 e. The van der Waals surface area contributed by atoms with Gasteiger partial charge in [-0.3, -0.25) is 9.78 Å². The minimum absolute atomic E-state index is 0.0165. The van der Waals surface area contributed by atoms with Gasteiger partial charge in [-0.1, -0.05) is 0 Å². The predicted molar refractivity (Wildman–Crippen MR) is 113 cm³/mol. The van der Waals surface area contributed by atoms with Crippen molar-refractivity contribution in [2.24, 2.45) is 0 Å². The Hall–Kier alpha value is -3.03. The summed E-state index contributed by atoms with van der Waals surface area (Å²) in [6.45, 7) is 5.94. The molecule has 0 spiro atoms. The maximum atomic E-state index is 13.5. The summed E-state index contributed by atoms with van der Waals surface area (Å²) in [6.07, 6.45) is 1.69. The fraction of sp³-hybridized carbons (Fsp3) is 0.348. The molecule has 4 heterocycles. The number of carbonyl (C=O) groups is 1. The van der Waals surface area contributed by atoms with Crippen LogP contribution < -0.4 is 5.73 Å². The molecule has 1 amide bonds. The van der Waals surface area contributed by atoms with Crippen molar-refractivity contribution < 1.29 is 14.3 Å². The molecule has 5 rings (SSSR count). The zero-order valence-electron chi connectivity index (χ0n) is 17.1. The third-order valence-electron chi connectivity index (χ3n) is 5.99. The number of hydrogen-bond acceptors (Lipinski definition) is 6. The van der Waals surface area contributed by atoms with Crippen LogP contribution in [0.4, 0.5) is 5.82 Å². The first-order chi connectivity index (χ1) is 14.5. The average molecular weight is 404 g/mol. The maximum Gasteiger partial charge on any atom is 0.254 e. The van der Waals surface area contributed by atoms with E-state index in [1.54, 1.807) is 6.20 Å². The molecule has 2 N–H and O–H groups in total. The molecule has 7 heteroatoms. The number of anilines is 1. The third kappa shape index (κ3) is 3.11. The monoisotopic (exact) mass is 404 g/mol. The molecule has 2 atom stereocenters. The van der Waals surface area contributed by atoms with Crippen LogP contribution in [0.3, 0.4) is 0 Å². The Morgan fingerprint density at radius 2 is 2.13 bits per heavy atom. The van der Waals surface area contributed by atoms with E-state index in [2.05, 4.69) is 9.97 Å². The molecule has 1 fully saturated rings. The standard InChI is InChI=1S/C23H24N4O3/c1-13-9-15(5-6-25-13)20-12-29-8-7-27(20)23(28)16-3-4-19-17(10-16)18-11-30-14(2)21(18)22(24)26-19/h3-6,9-10,14,20H,7-8,11-12H2,1-2H3,(H2,24,26)/t14-,20+/m1/s1. The van der Waals surface area contributed by atoms with Gasteiger partial charge < -0.3 is 20.1 Å². The number of carbonyl (C=O) groups excluding carboxylic acids is 1. The molecule has 2 aromatic heterocycles. The molecule has 2 aliphatic rings. The van der Waals surface area contributed by atoms with Gasteiger partial charge in [0, 0.05) is 34.9 Å². The van der Waals surface area contributed by atoms with E-state index in [4.69, 9.17) is 15.2 Å². The van der Waals surface area contributed by atoms with E-state index in [1.807, 2.05) is 49.1 Å². The van der Waals surface area contributed by atoms with Crippen molar-refractivity contribution in [1.82, 2.24) is 14.9 Å². The molecule has 1 saturated heterocycles. The number of benzene rings is 1. The highest BCUT2D eigenvalue weighted by Crippen LogP contribution is 2.38. The van der Waals surface area contributed by atoms with Crippen LogP contribution in [0.15, 0.2) is 36.5 Å². The number of pyridine rings is 2. The van der Waals surface area contributed by atoms with Crippen molar-refractivity contribution in [2.75, 3.05) is 25.5 Å². The molecule has 7 nitrogen and oxygen atoms in total. The quantitative estimate of drug-likeness (QED) is 0.705. The Balaban J connectivity index is 1.54. The van der Waals surface area contributed by atoms with Crippen LogP contribution in [0.25, 0.3) is 10.9 Å². The van der Waals surface area contributed by atoms with E-state index in [0.29, 0.717) is 37.7 Å². The first-order valence-corrected chi connectivity index (χ1v) is 10.2. The first kappa shape index (κ1) is 19.0. The zero-order chi connectivity index (χ0) is 20.8. The summed E-state index contributed by atoms with van der Waals surface area (Å²) >= 11 is 0. The lowest BCUT2D eigenvalue weighted by Gasteiger charge is -2.36. The molecule has 0 saturated carbocycles. The Bertz CT molecular complexity index is 1150. The number of nitrogen functional groups attached to an aromatic ring is 1. The Morgan fingerprint density at radius 1 is 1.27 bits per heavy atom. The Labute approximate surface area is 174 Å². The molecule has 0 radical (unpaired) electrons. The number of aromatic nitrogens is 2. The molecule has 0 bridgehead atoms. The SMILES string of the molecule is Cc1cc([C@@H]2COCCN2C(=O)c2ccc3nc(N)c4c(c3c2)CO[C@@H]4C)ccn1. The number of hydrogen-bond donors (Lipinski definition) is 1. The zero-order valence-corrected chi connectivity index (χ0v) is 17.1. The highest BCUT2D eigenvalue weighted by atomic mass is 16.5. The fourth-order valence-corrected chi connectivity index (χ4v) is 4.46. The molecular weight excluding hydrogens is 380 g/mol. The lowest BCUT2D eigenvalue weighted by molar-refractivity contribution is -0.00272. The van der Waals surface area contributed by atoms with Gasteiger partial charge in [0.25, 0.3) is 5.91 Å². The minimum Gasteiger partial charge on any atom is -0.383 e. The topological polar surface area (TPSA) is 90.6 Å². The number of rotatable bonds is 2. The van der Waals surface area contributed by atoms with Crippen LogP contribution in [-0.4, -0.2) is 40.5 Å². The highest BCUT2D eigenvalue weighted by molar-refractivity contribution is 5.99. The lowest BCUT2D eigenvalue weighted by atomic mass is 9.99. The molecule has 2 aliphatic heterocycles. The second-order valence-corrected chi connectivity index (χ2v) is 7.89. The van der Waals surface area contributed by atoms with Crippen LogP contribution in [-0.2, 0) is 16.1 Å². The summed E-state index contributed by atoms with van der Waals surface area (Å²) in [5.41, 5.74) is 11.5. The van der Waals surface area contributed by atoms with Crippen molar-refractivity contribution in [3.8, 4) is 0 Å². The van der Waals surface area contributed by atoms with E-state index < -0.39 is 0 Å². The van der Waals surface area contributed by atoms with E-state index in [1.165, 1.54) is 0 Å². The number of aryl methyl sites for hydroxylation is 1. The van der Waals surface area contributed by atoms with E-state index in [0.717, 1.165) is 33.3 Å². The molecular formula is C23H24N4O3. The molecule has 0 aliphatic carbocycles. The van der Waals surface area contributed by atoms with Crippen molar-refractivity contribution in [1.29, 1.82) is 0 Å². The van der Waals surface area contributed by atoms with E-state index in [-0.39, 0.29) is 18.1 Å². The number of nitrogens with two attached hydrogens (primary N) is 1. The van der Waals surface area contributed by atoms with Crippen molar-refractivity contribution in [2.45, 2.75) is 32.6 Å². The van der Waals surface area contributed by atoms with Gasteiger partial charge in [0.05, 0.1) is 37.5 Å². The second-order valence-electron chi connectivity index (χ2n) is 7.89. The van der Waals surface area contributed by atoms with Crippen molar-refractivity contribution in [3.05, 3.63) is 64.5 Å². The lowest BCUT2D eigenvalue weighted by Crippen LogP contribution is -2.43. The Kier molecular flexibility index (Phi) is 4.64. The molecule has 1 aromatic carbocycles. The normalized spacial score (nSPS) is 21.1. The number of morpholine rings is 1. The van der Waals surface area contributed by atoms with Gasteiger partial charge in [-0.05, 0) is 55.3 Å². The van der Waals surface area contributed by atoms with E-state index >= 15 is 0 Å². The summed E-state index contributed by atoms with van der Waals surface area (Å²) < 4.78 is 11.5. The van der Waals surface area contributed by atoms with Gasteiger partial charge in [-0.15, -0.1) is 0 Å². The molecule has 154 valence electrons. The maximum absolute atomic E-state index is 13.5. The minimum atomic E-state index is -0.137. The summed E-state index contributed by atoms with van der Waals surface area (Å²) in [6, 6.07) is 9.45. The second kappa shape index (κ2) is 7.34. The molecule has 0 unspecified atom stereocenters. The van der Waals surface area contributed by atoms with Gasteiger partial charge in [0.2, 0.25) is 0 Å². The summed E-state index contributed by atoms with van der Waals surface area (Å²) in [5, 5.41) is 0.930. The summed E-state index contributed by atoms with van der Waals surface area (Å²) in [7, 11) is 0. The van der Waals surface area contributed by atoms with Crippen LogP contribution in [0.1, 0.15) is 51.8 Å². The van der Waals surface area contributed by atoms with Crippen LogP contribution in [0, 0.1) is 6.92 Å². The fourth-order valence-electron chi connectivity index (χ4n) is 4.46. The molecule has 3 aromatic rings. The van der Waals surface area contributed by atoms with Crippen molar-refractivity contribution in [3.63, 3.8) is 0 Å². The highest BCUT2D eigenvalue weighted by Gasteiger charge is 2.31.